The summed E-state index contributed by atoms with van der Waals surface area (Å²) in [5, 5.41) is 9.49. The highest BCUT2D eigenvalue weighted by molar-refractivity contribution is 14.0. The summed E-state index contributed by atoms with van der Waals surface area (Å²) in [4.78, 5) is 18.6. The van der Waals surface area contributed by atoms with Crippen LogP contribution in [0.15, 0.2) is 41.4 Å². The van der Waals surface area contributed by atoms with Gasteiger partial charge in [0.25, 0.3) is 0 Å². The Balaban J connectivity index is 0.00000261. The molecule has 1 amide bonds. The second-order valence-electron chi connectivity index (χ2n) is 6.73. The van der Waals surface area contributed by atoms with Gasteiger partial charge in [-0.2, -0.15) is 0 Å². The van der Waals surface area contributed by atoms with E-state index in [4.69, 9.17) is 0 Å². The lowest BCUT2D eigenvalue weighted by molar-refractivity contribution is -0.122. The standard InChI is InChI=1S/C20H29N5O.HI/c1-2-21-20(23-11-10-22-19(26)17-8-9-17)24-15-16-6-5-7-18(14-16)25-12-3-4-13-25;/h3-7,14,17H,2,8-13,15H2,1H3,(H,22,26)(H2,21,23,24);1H. The minimum Gasteiger partial charge on any atom is -0.364 e. The minimum atomic E-state index is 0. The Kier molecular flexibility index (Phi) is 8.90. The van der Waals surface area contributed by atoms with Crippen LogP contribution in [-0.2, 0) is 11.3 Å². The number of nitrogens with zero attached hydrogens (tertiary/aromatic N) is 2. The van der Waals surface area contributed by atoms with Crippen LogP contribution in [0.5, 0.6) is 0 Å². The van der Waals surface area contributed by atoms with Crippen molar-refractivity contribution in [2.24, 2.45) is 10.9 Å². The van der Waals surface area contributed by atoms with Gasteiger partial charge >= 0.3 is 0 Å². The first-order chi connectivity index (χ1) is 12.8. The largest absolute Gasteiger partial charge is 0.364 e. The summed E-state index contributed by atoms with van der Waals surface area (Å²) in [6.45, 7) is 6.72. The number of hydrogen-bond acceptors (Lipinski definition) is 3. The summed E-state index contributed by atoms with van der Waals surface area (Å²) < 4.78 is 0. The van der Waals surface area contributed by atoms with E-state index in [9.17, 15) is 4.79 Å². The maximum atomic E-state index is 11.6. The van der Waals surface area contributed by atoms with Crippen LogP contribution in [0, 0.1) is 5.92 Å². The molecular formula is C20H30IN5O. The monoisotopic (exact) mass is 483 g/mol. The zero-order valence-corrected chi connectivity index (χ0v) is 18.2. The molecule has 27 heavy (non-hydrogen) atoms. The number of rotatable bonds is 8. The number of carbonyl (C=O) groups is 1. The molecule has 7 heteroatoms. The Labute approximate surface area is 178 Å². The molecule has 1 saturated carbocycles. The molecule has 148 valence electrons. The van der Waals surface area contributed by atoms with Gasteiger partial charge in [0.15, 0.2) is 5.96 Å². The van der Waals surface area contributed by atoms with Gasteiger partial charge in [0, 0.05) is 44.3 Å². The lowest BCUT2D eigenvalue weighted by atomic mass is 10.2. The van der Waals surface area contributed by atoms with Crippen molar-refractivity contribution in [2.75, 3.05) is 37.6 Å². The predicted octanol–water partition coefficient (Wildman–Crippen LogP) is 2.26. The van der Waals surface area contributed by atoms with Crippen molar-refractivity contribution in [2.45, 2.75) is 26.3 Å². The Hall–Kier alpha value is -1.77. The molecule has 3 N–H and O–H groups in total. The fourth-order valence-electron chi connectivity index (χ4n) is 2.91. The number of hydrogen-bond donors (Lipinski definition) is 3. The number of benzene rings is 1. The van der Waals surface area contributed by atoms with Gasteiger partial charge in [0.05, 0.1) is 6.54 Å². The number of anilines is 1. The topological polar surface area (TPSA) is 68.8 Å². The second kappa shape index (κ2) is 11.2. The number of nitrogens with one attached hydrogen (secondary N) is 3. The molecule has 0 spiro atoms. The first-order valence-electron chi connectivity index (χ1n) is 9.55. The number of carbonyl (C=O) groups excluding carboxylic acids is 1. The van der Waals surface area contributed by atoms with Crippen LogP contribution in [0.25, 0.3) is 0 Å². The van der Waals surface area contributed by atoms with Crippen LogP contribution in [0.1, 0.15) is 25.3 Å². The van der Waals surface area contributed by atoms with Gasteiger partial charge in [-0.15, -0.1) is 24.0 Å². The van der Waals surface area contributed by atoms with Gasteiger partial charge in [-0.3, -0.25) is 4.79 Å². The van der Waals surface area contributed by atoms with Crippen LogP contribution >= 0.6 is 24.0 Å². The van der Waals surface area contributed by atoms with Gasteiger partial charge in [0.2, 0.25) is 5.91 Å². The lowest BCUT2D eigenvalue weighted by Crippen LogP contribution is -2.41. The van der Waals surface area contributed by atoms with Crippen molar-refractivity contribution in [1.29, 1.82) is 0 Å². The molecule has 1 heterocycles. The van der Waals surface area contributed by atoms with Crippen molar-refractivity contribution in [3.05, 3.63) is 42.0 Å². The molecule has 1 aromatic rings. The summed E-state index contributed by atoms with van der Waals surface area (Å²) >= 11 is 0. The average Bonchev–Trinajstić information content (AvgIpc) is 3.37. The first-order valence-corrected chi connectivity index (χ1v) is 9.55. The molecule has 0 unspecified atom stereocenters. The van der Waals surface area contributed by atoms with E-state index in [0.717, 1.165) is 38.4 Å². The first kappa shape index (κ1) is 21.5. The molecule has 0 radical (unpaired) electrons. The minimum absolute atomic E-state index is 0. The van der Waals surface area contributed by atoms with Crippen molar-refractivity contribution >= 4 is 41.5 Å². The Morgan fingerprint density at radius 2 is 1.89 bits per heavy atom. The Morgan fingerprint density at radius 3 is 2.59 bits per heavy atom. The van der Waals surface area contributed by atoms with Gasteiger partial charge in [-0.25, -0.2) is 4.99 Å². The summed E-state index contributed by atoms with van der Waals surface area (Å²) in [5.41, 5.74) is 2.43. The highest BCUT2D eigenvalue weighted by Gasteiger charge is 2.28. The molecule has 3 rings (SSSR count). The van der Waals surface area contributed by atoms with E-state index >= 15 is 0 Å². The molecule has 0 saturated heterocycles. The summed E-state index contributed by atoms with van der Waals surface area (Å²) in [5.74, 6) is 1.22. The highest BCUT2D eigenvalue weighted by atomic mass is 127. The van der Waals surface area contributed by atoms with Gasteiger partial charge < -0.3 is 20.9 Å². The lowest BCUT2D eigenvalue weighted by Gasteiger charge is -2.18. The average molecular weight is 483 g/mol. The van der Waals surface area contributed by atoms with E-state index in [1.165, 1.54) is 11.3 Å². The molecule has 0 atom stereocenters. The van der Waals surface area contributed by atoms with Gasteiger partial charge in [-0.05, 0) is 37.5 Å². The van der Waals surface area contributed by atoms with Crippen LogP contribution in [0.4, 0.5) is 5.69 Å². The van der Waals surface area contributed by atoms with E-state index < -0.39 is 0 Å². The van der Waals surface area contributed by atoms with E-state index in [0.29, 0.717) is 19.6 Å². The molecule has 1 aromatic carbocycles. The molecule has 2 aliphatic rings. The normalized spacial score (nSPS) is 16.0. The van der Waals surface area contributed by atoms with E-state index in [1.807, 2.05) is 6.92 Å². The smallest absolute Gasteiger partial charge is 0.223 e. The molecule has 1 fully saturated rings. The van der Waals surface area contributed by atoms with Crippen molar-refractivity contribution in [3.8, 4) is 0 Å². The predicted molar refractivity (Wildman–Crippen MR) is 122 cm³/mol. The second-order valence-corrected chi connectivity index (χ2v) is 6.73. The third kappa shape index (κ3) is 7.04. The van der Waals surface area contributed by atoms with Crippen molar-refractivity contribution in [1.82, 2.24) is 16.0 Å². The van der Waals surface area contributed by atoms with Crippen LogP contribution in [0.3, 0.4) is 0 Å². The molecule has 0 bridgehead atoms. The van der Waals surface area contributed by atoms with Crippen molar-refractivity contribution in [3.63, 3.8) is 0 Å². The fourth-order valence-corrected chi connectivity index (χ4v) is 2.91. The maximum Gasteiger partial charge on any atom is 0.223 e. The van der Waals surface area contributed by atoms with Gasteiger partial charge in [0.1, 0.15) is 0 Å². The zero-order chi connectivity index (χ0) is 18.2. The summed E-state index contributed by atoms with van der Waals surface area (Å²) in [7, 11) is 0. The summed E-state index contributed by atoms with van der Waals surface area (Å²) in [6, 6.07) is 8.55. The molecule has 0 aromatic heterocycles. The number of halogens is 1. The SMILES string of the molecule is CCNC(=NCc1cccc(N2CC=CC2)c1)NCCNC(=O)C1CC1.I. The fraction of sp³-hybridized carbons (Fsp3) is 0.500. The van der Waals surface area contributed by atoms with E-state index in [-0.39, 0.29) is 35.8 Å². The quantitative estimate of drug-likeness (QED) is 0.175. The number of guanidine groups is 1. The molecule has 1 aliphatic carbocycles. The molecular weight excluding hydrogens is 453 g/mol. The maximum absolute atomic E-state index is 11.6. The zero-order valence-electron chi connectivity index (χ0n) is 15.9. The highest BCUT2D eigenvalue weighted by Crippen LogP contribution is 2.28. The van der Waals surface area contributed by atoms with Crippen LogP contribution in [0.2, 0.25) is 0 Å². The number of aliphatic imine (C=N–C) groups is 1. The van der Waals surface area contributed by atoms with Crippen LogP contribution in [-0.4, -0.2) is 44.6 Å². The van der Waals surface area contributed by atoms with Gasteiger partial charge in [-0.1, -0.05) is 24.3 Å². The van der Waals surface area contributed by atoms with E-state index in [1.54, 1.807) is 0 Å². The summed E-state index contributed by atoms with van der Waals surface area (Å²) in [6.07, 6.45) is 6.46. The van der Waals surface area contributed by atoms with E-state index in [2.05, 4.69) is 62.3 Å². The number of amides is 1. The Morgan fingerprint density at radius 1 is 1.15 bits per heavy atom. The molecule has 1 aliphatic heterocycles. The molecule has 6 nitrogen and oxygen atoms in total. The van der Waals surface area contributed by atoms with Crippen molar-refractivity contribution < 1.29 is 4.79 Å². The Bertz CT molecular complexity index is 664. The third-order valence-corrected chi connectivity index (χ3v) is 4.52. The third-order valence-electron chi connectivity index (χ3n) is 4.52. The van der Waals surface area contributed by atoms with Crippen LogP contribution < -0.4 is 20.9 Å².